The summed E-state index contributed by atoms with van der Waals surface area (Å²) >= 11 is 1.84. The monoisotopic (exact) mass is 577 g/mol. The third-order valence-corrected chi connectivity index (χ3v) is 9.46. The molecule has 3 unspecified atom stereocenters. The van der Waals surface area contributed by atoms with Crippen LogP contribution in [0.4, 0.5) is 13.6 Å². The fourth-order valence-electron chi connectivity index (χ4n) is 4.12. The normalized spacial score (nSPS) is 20.9. The Kier molecular flexibility index (Phi) is 11.1. The van der Waals surface area contributed by atoms with Gasteiger partial charge in [0.05, 0.1) is 25.3 Å². The van der Waals surface area contributed by atoms with Gasteiger partial charge in [0.15, 0.2) is 5.03 Å². The molecule has 212 valence electrons. The van der Waals surface area contributed by atoms with Gasteiger partial charge in [0.25, 0.3) is 9.84 Å². The van der Waals surface area contributed by atoms with Crippen molar-refractivity contribution in [2.45, 2.75) is 66.1 Å². The molecule has 0 aliphatic carbocycles. The van der Waals surface area contributed by atoms with Gasteiger partial charge in [-0.15, -0.1) is 0 Å². The number of nitrogens with zero attached hydrogens (tertiary/aromatic N) is 1. The fraction of sp³-hybridized carbons (Fsp3) is 0.652. The number of urea groups is 1. The first-order valence-electron chi connectivity index (χ1n) is 12.4. The number of thioether (sulfide) groups is 1. The molecule has 2 saturated heterocycles. The Morgan fingerprint density at radius 3 is 2.63 bits per heavy atom. The van der Waals surface area contributed by atoms with Gasteiger partial charge >= 0.3 is 11.3 Å². The highest BCUT2D eigenvalue weighted by Gasteiger charge is 2.46. The maximum absolute atomic E-state index is 14.2. The molecule has 2 aliphatic rings. The minimum absolute atomic E-state index is 0.0247. The lowest BCUT2D eigenvalue weighted by atomic mass is 10.0. The van der Waals surface area contributed by atoms with Gasteiger partial charge in [0.2, 0.25) is 11.8 Å². The van der Waals surface area contributed by atoms with Gasteiger partial charge in [-0.2, -0.15) is 20.5 Å². The van der Waals surface area contributed by atoms with Crippen molar-refractivity contribution >= 4 is 39.4 Å². The lowest BCUT2D eigenvalue weighted by Crippen LogP contribution is -2.36. The molecule has 4 amide bonds. The Labute approximate surface area is 224 Å². The number of hydrogen-bond donors (Lipinski definition) is 4. The van der Waals surface area contributed by atoms with Crippen LogP contribution >= 0.6 is 11.8 Å². The third-order valence-electron chi connectivity index (χ3n) is 6.17. The zero-order chi connectivity index (χ0) is 27.6. The van der Waals surface area contributed by atoms with Gasteiger partial charge in [-0.25, -0.2) is 18.2 Å². The van der Waals surface area contributed by atoms with Crippen LogP contribution in [0.25, 0.3) is 0 Å². The summed E-state index contributed by atoms with van der Waals surface area (Å²) in [6.07, 6.45) is 2.88. The molecule has 0 aromatic carbocycles. The second kappa shape index (κ2) is 14.0. The summed E-state index contributed by atoms with van der Waals surface area (Å²) in [7, 11) is -4.96. The Bertz CT molecular complexity index is 1060. The summed E-state index contributed by atoms with van der Waals surface area (Å²) in [5.74, 6) is 0.254. The molecule has 3 rings (SSSR count). The van der Waals surface area contributed by atoms with E-state index in [-0.39, 0.29) is 50.2 Å². The number of unbranched alkanes of at least 4 members (excludes halogenated alkanes) is 1. The summed E-state index contributed by atoms with van der Waals surface area (Å²) in [5.41, 5.74) is 0. The van der Waals surface area contributed by atoms with E-state index in [1.165, 1.54) is 12.1 Å². The van der Waals surface area contributed by atoms with Gasteiger partial charge in [0.1, 0.15) is 0 Å². The van der Waals surface area contributed by atoms with Crippen LogP contribution in [0.15, 0.2) is 29.4 Å². The van der Waals surface area contributed by atoms with Crippen molar-refractivity contribution < 1.29 is 36.3 Å². The Balaban J connectivity index is 1.17. The van der Waals surface area contributed by atoms with Crippen molar-refractivity contribution in [2.75, 3.05) is 32.1 Å². The summed E-state index contributed by atoms with van der Waals surface area (Å²) in [6, 6.07) is 3.95. The first kappa shape index (κ1) is 30.0. The number of carbonyl (C=O) groups is 3. The number of fused-ring (bicyclic) bond motifs is 1. The van der Waals surface area contributed by atoms with E-state index in [4.69, 9.17) is 4.74 Å². The average molecular weight is 578 g/mol. The van der Waals surface area contributed by atoms with E-state index >= 15 is 0 Å². The highest BCUT2D eigenvalue weighted by Crippen LogP contribution is 2.33. The lowest BCUT2D eigenvalue weighted by Gasteiger charge is -2.16. The van der Waals surface area contributed by atoms with E-state index in [0.29, 0.717) is 11.7 Å². The zero-order valence-corrected chi connectivity index (χ0v) is 22.4. The number of aromatic nitrogens is 1. The van der Waals surface area contributed by atoms with E-state index in [1.807, 2.05) is 11.8 Å². The van der Waals surface area contributed by atoms with Gasteiger partial charge in [-0.3, -0.25) is 9.59 Å². The number of sulfone groups is 1. The summed E-state index contributed by atoms with van der Waals surface area (Å²) in [6.45, 7) is -0.0387. The maximum Gasteiger partial charge on any atom is 0.353 e. The van der Waals surface area contributed by atoms with Crippen LogP contribution in [0.5, 0.6) is 0 Å². The number of pyridine rings is 1. The number of rotatable bonds is 16. The standard InChI is InChI=1S/C23H33F2N5O6S2/c24-23(25,38(34,35)20-7-3-4-10-28-20)9-11-26-19(32)8-13-36-14-12-27-18(31)6-2-1-5-17-21-16(15-37-17)29-22(33)30-21/h3-4,7,10,16-17,21H,1-2,5-6,8-9,11-15H2,(H,26,32)(H,27,31)(H2,29,30,33). The molecule has 11 nitrogen and oxygen atoms in total. The van der Waals surface area contributed by atoms with Crippen LogP contribution in [0, 0.1) is 0 Å². The lowest BCUT2D eigenvalue weighted by molar-refractivity contribution is -0.123. The average Bonchev–Trinajstić information content (AvgIpc) is 3.43. The number of hydrogen-bond acceptors (Lipinski definition) is 8. The second-order valence-electron chi connectivity index (χ2n) is 8.99. The van der Waals surface area contributed by atoms with Crippen LogP contribution in [0.3, 0.4) is 0 Å². The molecule has 15 heteroatoms. The molecular weight excluding hydrogens is 544 g/mol. The van der Waals surface area contributed by atoms with Crippen LogP contribution in [-0.4, -0.2) is 85.9 Å². The minimum atomic E-state index is -4.96. The van der Waals surface area contributed by atoms with E-state index < -0.39 is 39.0 Å². The first-order chi connectivity index (χ1) is 18.1. The molecule has 1 aromatic heterocycles. The highest BCUT2D eigenvalue weighted by molar-refractivity contribution is 8.00. The first-order valence-corrected chi connectivity index (χ1v) is 15.0. The summed E-state index contributed by atoms with van der Waals surface area (Å²) < 4.78 is 57.7. The number of alkyl halides is 2. The van der Waals surface area contributed by atoms with Crippen LogP contribution in [-0.2, 0) is 24.2 Å². The quantitative estimate of drug-likeness (QED) is 0.169. The molecule has 0 radical (unpaired) electrons. The molecule has 4 N–H and O–H groups in total. The van der Waals surface area contributed by atoms with Crippen molar-refractivity contribution in [3.8, 4) is 0 Å². The number of ether oxygens (including phenoxy) is 1. The second-order valence-corrected chi connectivity index (χ2v) is 12.3. The Hall–Kier alpha value is -2.52. The SMILES string of the molecule is O=C(CCCCC1SCC2NC(=O)NC21)NCCOCCC(=O)NCCC(F)(F)S(=O)(=O)c1ccccn1. The van der Waals surface area contributed by atoms with Crippen molar-refractivity contribution in [1.82, 2.24) is 26.3 Å². The van der Waals surface area contributed by atoms with Crippen molar-refractivity contribution in [1.29, 1.82) is 0 Å². The van der Waals surface area contributed by atoms with E-state index in [1.54, 1.807) is 0 Å². The van der Waals surface area contributed by atoms with Crippen molar-refractivity contribution in [3.05, 3.63) is 24.4 Å². The van der Waals surface area contributed by atoms with Gasteiger partial charge in [-0.05, 0) is 25.0 Å². The van der Waals surface area contributed by atoms with Gasteiger partial charge in [-0.1, -0.05) is 12.5 Å². The van der Waals surface area contributed by atoms with Crippen LogP contribution in [0.2, 0.25) is 0 Å². The maximum atomic E-state index is 14.2. The predicted molar refractivity (Wildman–Crippen MR) is 136 cm³/mol. The van der Waals surface area contributed by atoms with Crippen LogP contribution in [0.1, 0.15) is 38.5 Å². The molecule has 38 heavy (non-hydrogen) atoms. The van der Waals surface area contributed by atoms with E-state index in [0.717, 1.165) is 37.3 Å². The highest BCUT2D eigenvalue weighted by atomic mass is 32.2. The molecule has 2 fully saturated rings. The summed E-state index contributed by atoms with van der Waals surface area (Å²) in [4.78, 5) is 38.6. The van der Waals surface area contributed by atoms with E-state index in [9.17, 15) is 31.6 Å². The molecule has 3 atom stereocenters. The molecule has 1 aromatic rings. The number of amides is 4. The Morgan fingerprint density at radius 1 is 1.11 bits per heavy atom. The van der Waals surface area contributed by atoms with Crippen molar-refractivity contribution in [3.63, 3.8) is 0 Å². The molecular formula is C23H33F2N5O6S2. The summed E-state index contributed by atoms with van der Waals surface area (Å²) in [5, 5.41) is 6.41. The fourth-order valence-corrected chi connectivity index (χ4v) is 6.80. The Morgan fingerprint density at radius 2 is 1.87 bits per heavy atom. The van der Waals surface area contributed by atoms with Crippen molar-refractivity contribution in [2.24, 2.45) is 0 Å². The number of carbonyl (C=O) groups excluding carboxylic acids is 3. The molecule has 2 aliphatic heterocycles. The molecule has 0 bridgehead atoms. The van der Waals surface area contributed by atoms with Gasteiger partial charge < -0.3 is 26.0 Å². The largest absolute Gasteiger partial charge is 0.379 e. The van der Waals surface area contributed by atoms with Crippen LogP contribution < -0.4 is 21.3 Å². The predicted octanol–water partition coefficient (Wildman–Crippen LogP) is 1.20. The smallest absolute Gasteiger partial charge is 0.353 e. The topological polar surface area (TPSA) is 156 Å². The van der Waals surface area contributed by atoms with Gasteiger partial charge in [0, 0.05) is 49.6 Å². The zero-order valence-electron chi connectivity index (χ0n) is 20.8. The molecule has 3 heterocycles. The third kappa shape index (κ3) is 8.50. The molecule has 0 saturated carbocycles. The minimum Gasteiger partial charge on any atom is -0.379 e. The number of halogens is 2. The van der Waals surface area contributed by atoms with E-state index in [2.05, 4.69) is 26.3 Å². The number of nitrogens with one attached hydrogen (secondary N) is 4. The molecule has 0 spiro atoms.